The quantitative estimate of drug-likeness (QED) is 0.382. The normalized spacial score (nSPS) is 17.1. The fourth-order valence-electron chi connectivity index (χ4n) is 4.70. The first-order valence-electron chi connectivity index (χ1n) is 11.5. The molecule has 2 aromatic rings. The number of hydrogen-bond acceptors (Lipinski definition) is 3. The number of hydrogen-bond donors (Lipinski definition) is 1. The van der Waals surface area contributed by atoms with E-state index in [0.29, 0.717) is 12.5 Å². The van der Waals surface area contributed by atoms with Gasteiger partial charge in [-0.15, -0.1) is 12.4 Å². The van der Waals surface area contributed by atoms with E-state index in [2.05, 4.69) is 26.0 Å². The van der Waals surface area contributed by atoms with Crippen LogP contribution in [0.3, 0.4) is 0 Å². The van der Waals surface area contributed by atoms with Crippen LogP contribution >= 0.6 is 12.4 Å². The maximum Gasteiger partial charge on any atom is 0.213 e. The van der Waals surface area contributed by atoms with E-state index in [9.17, 15) is 5.11 Å². The van der Waals surface area contributed by atoms with Gasteiger partial charge in [-0.25, -0.2) is 4.98 Å². The second-order valence-electron chi connectivity index (χ2n) is 8.77. The van der Waals surface area contributed by atoms with E-state index in [1.165, 1.54) is 51.4 Å². The lowest BCUT2D eigenvalue weighted by atomic mass is 9.66. The van der Waals surface area contributed by atoms with Crippen molar-refractivity contribution in [3.05, 3.63) is 59.3 Å². The van der Waals surface area contributed by atoms with E-state index in [4.69, 9.17) is 9.72 Å². The zero-order chi connectivity index (χ0) is 20.5. The molecular weight excluding hydrogens is 394 g/mol. The number of aliphatic hydroxyl groups is 1. The lowest BCUT2D eigenvalue weighted by molar-refractivity contribution is 0.0626. The van der Waals surface area contributed by atoms with Gasteiger partial charge in [-0.3, -0.25) is 0 Å². The summed E-state index contributed by atoms with van der Waals surface area (Å²) in [7, 11) is 0. The molecule has 30 heavy (non-hydrogen) atoms. The van der Waals surface area contributed by atoms with E-state index in [0.717, 1.165) is 29.7 Å². The predicted molar refractivity (Wildman–Crippen MR) is 126 cm³/mol. The molecule has 1 aliphatic carbocycles. The van der Waals surface area contributed by atoms with Crippen molar-refractivity contribution in [3.8, 4) is 5.88 Å². The topological polar surface area (TPSA) is 42.4 Å². The van der Waals surface area contributed by atoms with E-state index in [-0.39, 0.29) is 17.8 Å². The number of halogens is 1. The van der Waals surface area contributed by atoms with E-state index in [1.54, 1.807) is 0 Å². The van der Waals surface area contributed by atoms with Crippen molar-refractivity contribution in [2.75, 3.05) is 0 Å². The minimum Gasteiger partial charge on any atom is -0.473 e. The molecule has 0 fully saturated rings. The van der Waals surface area contributed by atoms with Crippen LogP contribution in [0, 0.1) is 5.41 Å². The summed E-state index contributed by atoms with van der Waals surface area (Å²) in [5, 5.41) is 10.9. The maximum atomic E-state index is 10.9. The summed E-state index contributed by atoms with van der Waals surface area (Å²) in [6.45, 7) is 5.03. The molecule has 0 bridgehead atoms. The Morgan fingerprint density at radius 2 is 1.63 bits per heavy atom. The Morgan fingerprint density at radius 3 is 2.27 bits per heavy atom. The zero-order valence-corrected chi connectivity index (χ0v) is 19.4. The standard InChI is InChI=1S/C26H37NO2.ClH/c1-3-5-10-16-26(17-11-6-4-2)18-23-22(24(28)19-26)14-15-25(27-23)29-20-21-12-8-7-9-13-21;/h7-9,12-15,24,28H,3-6,10-11,16-20H2,1-2H3;1H. The van der Waals surface area contributed by atoms with Gasteiger partial charge in [-0.2, -0.15) is 0 Å². The van der Waals surface area contributed by atoms with Gasteiger partial charge in [0, 0.05) is 11.6 Å². The number of benzene rings is 1. The average Bonchev–Trinajstić information content (AvgIpc) is 2.73. The summed E-state index contributed by atoms with van der Waals surface area (Å²) in [4.78, 5) is 4.85. The van der Waals surface area contributed by atoms with Gasteiger partial charge in [0.25, 0.3) is 0 Å². The van der Waals surface area contributed by atoms with Gasteiger partial charge >= 0.3 is 0 Å². The molecule has 1 aromatic carbocycles. The van der Waals surface area contributed by atoms with Gasteiger partial charge in [0.15, 0.2) is 0 Å². The third-order valence-corrected chi connectivity index (χ3v) is 6.36. The third kappa shape index (κ3) is 6.72. The summed E-state index contributed by atoms with van der Waals surface area (Å²) < 4.78 is 5.97. The van der Waals surface area contributed by atoms with Crippen LogP contribution in [-0.4, -0.2) is 10.1 Å². The van der Waals surface area contributed by atoms with Gasteiger partial charge in [-0.1, -0.05) is 82.7 Å². The Bertz CT molecular complexity index is 740. The molecular formula is C26H38ClNO2. The van der Waals surface area contributed by atoms with Crippen molar-refractivity contribution < 1.29 is 9.84 Å². The molecule has 1 aliphatic rings. The number of ether oxygens (including phenoxy) is 1. The summed E-state index contributed by atoms with van der Waals surface area (Å²) in [6.07, 6.45) is 11.3. The van der Waals surface area contributed by atoms with Gasteiger partial charge < -0.3 is 9.84 Å². The Balaban J connectivity index is 0.00000320. The molecule has 1 N–H and O–H groups in total. The molecule has 0 radical (unpaired) electrons. The molecule has 0 amide bonds. The highest BCUT2D eigenvalue weighted by Crippen LogP contribution is 2.47. The van der Waals surface area contributed by atoms with Crippen molar-refractivity contribution in [1.29, 1.82) is 0 Å². The molecule has 4 heteroatoms. The first-order valence-corrected chi connectivity index (χ1v) is 11.5. The Morgan fingerprint density at radius 1 is 0.967 bits per heavy atom. The summed E-state index contributed by atoms with van der Waals surface area (Å²) in [5.41, 5.74) is 3.36. The van der Waals surface area contributed by atoms with Crippen LogP contribution < -0.4 is 4.74 Å². The van der Waals surface area contributed by atoms with Crippen molar-refractivity contribution in [2.24, 2.45) is 5.41 Å². The van der Waals surface area contributed by atoms with Crippen LogP contribution in [-0.2, 0) is 13.0 Å². The highest BCUT2D eigenvalue weighted by molar-refractivity contribution is 5.85. The molecule has 166 valence electrons. The largest absolute Gasteiger partial charge is 0.473 e. The molecule has 1 unspecified atom stereocenters. The predicted octanol–water partition coefficient (Wildman–Crippen LogP) is 7.21. The first kappa shape index (κ1) is 24.7. The number of fused-ring (bicyclic) bond motifs is 1. The Hall–Kier alpha value is -1.58. The van der Waals surface area contributed by atoms with E-state index >= 15 is 0 Å². The number of pyridine rings is 1. The van der Waals surface area contributed by atoms with Gasteiger partial charge in [0.2, 0.25) is 5.88 Å². The SMILES string of the molecule is CCCCCC1(CCCCC)Cc2nc(OCc3ccccc3)ccc2C(O)C1.Cl. The van der Waals surface area contributed by atoms with Gasteiger partial charge in [0.05, 0.1) is 11.8 Å². The lowest BCUT2D eigenvalue weighted by Crippen LogP contribution is -2.32. The number of aromatic nitrogens is 1. The maximum absolute atomic E-state index is 10.9. The Kier molecular flexibility index (Phi) is 10.1. The molecule has 3 nitrogen and oxygen atoms in total. The fourth-order valence-corrected chi connectivity index (χ4v) is 4.70. The summed E-state index contributed by atoms with van der Waals surface area (Å²) in [6, 6.07) is 14.1. The smallest absolute Gasteiger partial charge is 0.213 e. The van der Waals surface area contributed by atoms with Crippen molar-refractivity contribution in [1.82, 2.24) is 4.98 Å². The second kappa shape index (κ2) is 12.3. The van der Waals surface area contributed by atoms with Gasteiger partial charge in [-0.05, 0) is 42.7 Å². The molecule has 0 saturated carbocycles. The molecule has 0 saturated heterocycles. The number of rotatable bonds is 11. The van der Waals surface area contributed by atoms with E-state index in [1.807, 2.05) is 30.3 Å². The van der Waals surface area contributed by atoms with Crippen LogP contribution in [0.1, 0.15) is 94.6 Å². The van der Waals surface area contributed by atoms with Crippen LogP contribution in [0.5, 0.6) is 5.88 Å². The highest BCUT2D eigenvalue weighted by Gasteiger charge is 2.38. The highest BCUT2D eigenvalue weighted by atomic mass is 35.5. The monoisotopic (exact) mass is 431 g/mol. The zero-order valence-electron chi connectivity index (χ0n) is 18.6. The lowest BCUT2D eigenvalue weighted by Gasteiger charge is -2.40. The van der Waals surface area contributed by atoms with E-state index < -0.39 is 6.10 Å². The van der Waals surface area contributed by atoms with Crippen molar-refractivity contribution in [2.45, 2.75) is 90.8 Å². The summed E-state index contributed by atoms with van der Waals surface area (Å²) in [5.74, 6) is 0.665. The molecule has 1 atom stereocenters. The van der Waals surface area contributed by atoms with Crippen molar-refractivity contribution >= 4 is 12.4 Å². The van der Waals surface area contributed by atoms with Crippen LogP contribution in [0.2, 0.25) is 0 Å². The number of unbranched alkanes of at least 4 members (excludes halogenated alkanes) is 4. The Labute approximate surface area is 188 Å². The minimum absolute atomic E-state index is 0. The number of aliphatic hydroxyl groups excluding tert-OH is 1. The average molecular weight is 432 g/mol. The van der Waals surface area contributed by atoms with Crippen molar-refractivity contribution in [3.63, 3.8) is 0 Å². The first-order chi connectivity index (χ1) is 14.2. The minimum atomic E-state index is -0.405. The van der Waals surface area contributed by atoms with Crippen LogP contribution in [0.25, 0.3) is 0 Å². The second-order valence-corrected chi connectivity index (χ2v) is 8.77. The molecule has 0 aliphatic heterocycles. The summed E-state index contributed by atoms with van der Waals surface area (Å²) >= 11 is 0. The van der Waals surface area contributed by atoms with Crippen LogP contribution in [0.15, 0.2) is 42.5 Å². The number of nitrogens with zero attached hydrogens (tertiary/aromatic N) is 1. The fraction of sp³-hybridized carbons (Fsp3) is 0.577. The molecule has 0 spiro atoms. The third-order valence-electron chi connectivity index (χ3n) is 6.36. The van der Waals surface area contributed by atoms with Gasteiger partial charge in [0.1, 0.15) is 6.61 Å². The molecule has 3 rings (SSSR count). The van der Waals surface area contributed by atoms with Crippen LogP contribution in [0.4, 0.5) is 0 Å². The molecule has 1 heterocycles. The molecule has 1 aromatic heterocycles.